The number of methoxy groups -OCH3 is 1. The highest BCUT2D eigenvalue weighted by atomic mass is 19.1. The Labute approximate surface area is 181 Å². The van der Waals surface area contributed by atoms with Crippen molar-refractivity contribution in [2.75, 3.05) is 20.3 Å². The van der Waals surface area contributed by atoms with E-state index < -0.39 is 11.4 Å². The van der Waals surface area contributed by atoms with Crippen LogP contribution in [-0.4, -0.2) is 42.6 Å². The second kappa shape index (κ2) is 10.7. The lowest BCUT2D eigenvalue weighted by molar-refractivity contribution is -0.122. The molecule has 1 aromatic carbocycles. The molecule has 0 spiro atoms. The van der Waals surface area contributed by atoms with Gasteiger partial charge >= 0.3 is 0 Å². The maximum Gasteiger partial charge on any atom is 0.220 e. The maximum absolute atomic E-state index is 13.7. The van der Waals surface area contributed by atoms with E-state index in [0.29, 0.717) is 57.4 Å². The third kappa shape index (κ3) is 6.67. The lowest BCUT2D eigenvalue weighted by Gasteiger charge is -2.29. The van der Waals surface area contributed by atoms with Crippen LogP contribution < -0.4 is 20.1 Å². The largest absolute Gasteiger partial charge is 0.494 e. The number of carbonyl (C=O) groups is 2. The first-order chi connectivity index (χ1) is 15.0. The fourth-order valence-electron chi connectivity index (χ4n) is 3.75. The minimum Gasteiger partial charge on any atom is -0.494 e. The molecular weight excluding hydrogens is 401 g/mol. The molecule has 1 aliphatic heterocycles. The number of ether oxygens (including phenoxy) is 2. The van der Waals surface area contributed by atoms with Crippen molar-refractivity contribution in [3.05, 3.63) is 54.1 Å². The summed E-state index contributed by atoms with van der Waals surface area (Å²) in [4.78, 5) is 28.2. The number of halogens is 1. The number of nitrogens with zero attached hydrogens (tertiary/aromatic N) is 1. The first-order valence-electron chi connectivity index (χ1n) is 10.4. The van der Waals surface area contributed by atoms with Gasteiger partial charge in [-0.1, -0.05) is 6.07 Å². The Morgan fingerprint density at radius 1 is 1.35 bits per heavy atom. The standard InChI is InChI=1S/C23H28FN3O4/c1-30-20-14-17(5-6-19(20)24)15-23(10-8-22(29)27-23)9-7-21(28)26-12-3-13-31-18-4-2-11-25-16-18/h2,4-6,11,14,16H,3,7-10,12-13,15H2,1H3,(H,26,28)(H,27,29)/t23-/m0/s1. The summed E-state index contributed by atoms with van der Waals surface area (Å²) in [6.45, 7) is 0.992. The van der Waals surface area contributed by atoms with Crippen LogP contribution in [0.1, 0.15) is 37.7 Å². The fourth-order valence-corrected chi connectivity index (χ4v) is 3.75. The summed E-state index contributed by atoms with van der Waals surface area (Å²) < 4.78 is 24.3. The summed E-state index contributed by atoms with van der Waals surface area (Å²) in [6.07, 6.45) is 6.38. The van der Waals surface area contributed by atoms with Crippen LogP contribution in [0.25, 0.3) is 0 Å². The number of aromatic nitrogens is 1. The number of amides is 2. The number of benzene rings is 1. The van der Waals surface area contributed by atoms with Gasteiger partial charge in [0.2, 0.25) is 11.8 Å². The van der Waals surface area contributed by atoms with Crippen LogP contribution >= 0.6 is 0 Å². The highest BCUT2D eigenvalue weighted by molar-refractivity contribution is 5.80. The topological polar surface area (TPSA) is 89.6 Å². The summed E-state index contributed by atoms with van der Waals surface area (Å²) in [6, 6.07) is 8.32. The van der Waals surface area contributed by atoms with Gasteiger partial charge in [0, 0.05) is 31.1 Å². The molecule has 0 unspecified atom stereocenters. The molecule has 2 aromatic rings. The Balaban J connectivity index is 1.46. The molecule has 0 bridgehead atoms. The molecule has 3 rings (SSSR count). The van der Waals surface area contributed by atoms with Gasteiger partial charge < -0.3 is 20.1 Å². The van der Waals surface area contributed by atoms with Crippen LogP contribution in [0, 0.1) is 5.82 Å². The van der Waals surface area contributed by atoms with E-state index in [1.54, 1.807) is 30.6 Å². The van der Waals surface area contributed by atoms with E-state index in [-0.39, 0.29) is 17.6 Å². The molecule has 2 amide bonds. The van der Waals surface area contributed by atoms with Gasteiger partial charge in [0.25, 0.3) is 0 Å². The smallest absolute Gasteiger partial charge is 0.220 e. The van der Waals surface area contributed by atoms with E-state index in [2.05, 4.69) is 15.6 Å². The van der Waals surface area contributed by atoms with Crippen LogP contribution in [0.3, 0.4) is 0 Å². The van der Waals surface area contributed by atoms with Crippen LogP contribution in [-0.2, 0) is 16.0 Å². The minimum absolute atomic E-state index is 0.0259. The predicted octanol–water partition coefficient (Wildman–Crippen LogP) is 2.79. The summed E-state index contributed by atoms with van der Waals surface area (Å²) in [5.41, 5.74) is 0.342. The van der Waals surface area contributed by atoms with Crippen molar-refractivity contribution in [3.63, 3.8) is 0 Å². The highest BCUT2D eigenvalue weighted by Crippen LogP contribution is 2.31. The third-order valence-electron chi connectivity index (χ3n) is 5.37. The predicted molar refractivity (Wildman–Crippen MR) is 113 cm³/mol. The third-order valence-corrected chi connectivity index (χ3v) is 5.37. The van der Waals surface area contributed by atoms with Crippen LogP contribution in [0.15, 0.2) is 42.7 Å². The number of nitrogens with one attached hydrogen (secondary N) is 2. The summed E-state index contributed by atoms with van der Waals surface area (Å²) in [5.74, 6) is 0.344. The lowest BCUT2D eigenvalue weighted by atomic mass is 9.85. The molecule has 166 valence electrons. The van der Waals surface area contributed by atoms with Crippen molar-refractivity contribution in [2.24, 2.45) is 0 Å². The van der Waals surface area contributed by atoms with Crippen molar-refractivity contribution in [1.29, 1.82) is 0 Å². The second-order valence-electron chi connectivity index (χ2n) is 7.71. The molecule has 0 aliphatic carbocycles. The van der Waals surface area contributed by atoms with Crippen LogP contribution in [0.4, 0.5) is 4.39 Å². The maximum atomic E-state index is 13.7. The molecule has 8 heteroatoms. The van der Waals surface area contributed by atoms with Crippen LogP contribution in [0.5, 0.6) is 11.5 Å². The zero-order valence-electron chi connectivity index (χ0n) is 17.7. The molecule has 1 aliphatic rings. The van der Waals surface area contributed by atoms with Gasteiger partial charge in [-0.15, -0.1) is 0 Å². The Hall–Kier alpha value is -3.16. The second-order valence-corrected chi connectivity index (χ2v) is 7.71. The molecule has 2 N–H and O–H groups in total. The van der Waals surface area contributed by atoms with Crippen LogP contribution in [0.2, 0.25) is 0 Å². The molecule has 0 saturated carbocycles. The first kappa shape index (κ1) is 22.5. The number of pyridine rings is 1. The zero-order valence-corrected chi connectivity index (χ0v) is 17.7. The molecule has 2 heterocycles. The quantitative estimate of drug-likeness (QED) is 0.536. The van der Waals surface area contributed by atoms with E-state index in [1.165, 1.54) is 13.2 Å². The highest BCUT2D eigenvalue weighted by Gasteiger charge is 2.38. The van der Waals surface area contributed by atoms with Gasteiger partial charge in [-0.2, -0.15) is 0 Å². The molecule has 1 saturated heterocycles. The zero-order chi connectivity index (χ0) is 22.1. The number of carbonyl (C=O) groups excluding carboxylic acids is 2. The SMILES string of the molecule is COc1cc(C[C@]2(CCC(=O)NCCCOc3cccnc3)CCC(=O)N2)ccc1F. The monoisotopic (exact) mass is 429 g/mol. The van der Waals surface area contributed by atoms with Gasteiger partial charge in [0.1, 0.15) is 5.75 Å². The molecular formula is C23H28FN3O4. The molecule has 1 atom stereocenters. The first-order valence-corrected chi connectivity index (χ1v) is 10.4. The number of hydrogen-bond acceptors (Lipinski definition) is 5. The molecule has 1 aromatic heterocycles. The fraction of sp³-hybridized carbons (Fsp3) is 0.435. The Bertz CT molecular complexity index is 894. The number of rotatable bonds is 11. The molecule has 31 heavy (non-hydrogen) atoms. The van der Waals surface area contributed by atoms with Crippen molar-refractivity contribution >= 4 is 11.8 Å². The summed E-state index contributed by atoms with van der Waals surface area (Å²) in [7, 11) is 1.42. The average Bonchev–Trinajstić information content (AvgIpc) is 3.14. The Morgan fingerprint density at radius 2 is 2.23 bits per heavy atom. The Morgan fingerprint density at radius 3 is 2.94 bits per heavy atom. The van der Waals surface area contributed by atoms with Crippen molar-refractivity contribution < 1.29 is 23.5 Å². The summed E-state index contributed by atoms with van der Waals surface area (Å²) >= 11 is 0. The van der Waals surface area contributed by atoms with E-state index in [0.717, 1.165) is 5.56 Å². The minimum atomic E-state index is -0.513. The Kier molecular flexibility index (Phi) is 7.81. The molecule has 0 radical (unpaired) electrons. The van der Waals surface area contributed by atoms with Crippen molar-refractivity contribution in [1.82, 2.24) is 15.6 Å². The van der Waals surface area contributed by atoms with Gasteiger partial charge in [0.05, 0.1) is 19.9 Å². The van der Waals surface area contributed by atoms with Gasteiger partial charge in [-0.25, -0.2) is 4.39 Å². The van der Waals surface area contributed by atoms with Crippen molar-refractivity contribution in [2.45, 2.75) is 44.1 Å². The molecule has 1 fully saturated rings. The van der Waals surface area contributed by atoms with Gasteiger partial charge in [-0.05, 0) is 55.5 Å². The van der Waals surface area contributed by atoms with E-state index in [1.807, 2.05) is 6.07 Å². The lowest BCUT2D eigenvalue weighted by Crippen LogP contribution is -2.44. The number of hydrogen-bond donors (Lipinski definition) is 2. The average molecular weight is 429 g/mol. The molecule has 7 nitrogen and oxygen atoms in total. The van der Waals surface area contributed by atoms with Crippen molar-refractivity contribution in [3.8, 4) is 11.5 Å². The van der Waals surface area contributed by atoms with Gasteiger partial charge in [-0.3, -0.25) is 14.6 Å². The van der Waals surface area contributed by atoms with E-state index >= 15 is 0 Å². The normalized spacial score (nSPS) is 17.8. The van der Waals surface area contributed by atoms with E-state index in [9.17, 15) is 14.0 Å². The van der Waals surface area contributed by atoms with E-state index in [4.69, 9.17) is 9.47 Å². The summed E-state index contributed by atoms with van der Waals surface area (Å²) in [5, 5.41) is 5.93. The van der Waals surface area contributed by atoms with Gasteiger partial charge in [0.15, 0.2) is 11.6 Å².